The number of thiophene rings is 1. The molecule has 3 aromatic rings. The minimum Gasteiger partial charge on any atom is -0.337 e. The Labute approximate surface area is 153 Å². The van der Waals surface area contributed by atoms with Crippen molar-refractivity contribution < 1.29 is 9.59 Å². The molecule has 0 fully saturated rings. The lowest BCUT2D eigenvalue weighted by Gasteiger charge is -2.05. The van der Waals surface area contributed by atoms with Gasteiger partial charge in [0.1, 0.15) is 0 Å². The Morgan fingerprint density at radius 2 is 2.20 bits per heavy atom. The van der Waals surface area contributed by atoms with Crippen LogP contribution in [0.2, 0.25) is 0 Å². The number of benzene rings is 1. The van der Waals surface area contributed by atoms with Crippen LogP contribution in [0.25, 0.3) is 11.0 Å². The largest absolute Gasteiger partial charge is 0.337 e. The third-order valence-corrected chi connectivity index (χ3v) is 5.26. The van der Waals surface area contributed by atoms with Gasteiger partial charge in [-0.05, 0) is 42.5 Å². The van der Waals surface area contributed by atoms with Crippen molar-refractivity contribution in [2.45, 2.75) is 18.5 Å². The zero-order valence-corrected chi connectivity index (χ0v) is 15.3. The van der Waals surface area contributed by atoms with Crippen LogP contribution in [0, 0.1) is 6.92 Å². The van der Waals surface area contributed by atoms with Crippen LogP contribution < -0.4 is 10.6 Å². The summed E-state index contributed by atoms with van der Waals surface area (Å²) in [6.45, 7) is 2.51. The molecule has 0 aliphatic heterocycles. The Balaban J connectivity index is 1.41. The number of H-pyrrole nitrogens is 1. The van der Waals surface area contributed by atoms with Crippen LogP contribution in [0.15, 0.2) is 40.9 Å². The molecule has 0 atom stereocenters. The number of urea groups is 1. The second kappa shape index (κ2) is 8.17. The highest BCUT2D eigenvalue weighted by Gasteiger charge is 2.10. The van der Waals surface area contributed by atoms with Crippen LogP contribution in [-0.2, 0) is 11.2 Å². The van der Waals surface area contributed by atoms with Gasteiger partial charge in [-0.3, -0.25) is 10.1 Å². The molecule has 3 rings (SSSR count). The Kier molecular flexibility index (Phi) is 5.72. The second-order valence-electron chi connectivity index (χ2n) is 5.48. The second-order valence-corrected chi connectivity index (χ2v) is 7.48. The molecule has 0 saturated carbocycles. The summed E-state index contributed by atoms with van der Waals surface area (Å²) in [5.74, 6) is -0.229. The van der Waals surface area contributed by atoms with Gasteiger partial charge in [-0.1, -0.05) is 23.9 Å². The molecule has 2 aromatic heterocycles. The third kappa shape index (κ3) is 5.07. The number of imidazole rings is 1. The van der Waals surface area contributed by atoms with Crippen molar-refractivity contribution in [1.29, 1.82) is 0 Å². The normalized spacial score (nSPS) is 10.8. The lowest BCUT2D eigenvalue weighted by Crippen LogP contribution is -2.41. The minimum absolute atomic E-state index is 0.122. The fourth-order valence-electron chi connectivity index (χ4n) is 2.26. The third-order valence-electron chi connectivity index (χ3n) is 3.45. The number of fused-ring (bicyclic) bond motifs is 1. The van der Waals surface area contributed by atoms with Crippen molar-refractivity contribution in [2.75, 3.05) is 12.3 Å². The Bertz CT molecular complexity index is 874. The predicted octanol–water partition coefficient (Wildman–Crippen LogP) is 3.09. The predicted molar refractivity (Wildman–Crippen MR) is 101 cm³/mol. The number of aromatic nitrogens is 2. The van der Waals surface area contributed by atoms with Gasteiger partial charge in [0.15, 0.2) is 5.16 Å². The number of hydrogen-bond acceptors (Lipinski definition) is 5. The summed E-state index contributed by atoms with van der Waals surface area (Å²) in [4.78, 5) is 32.3. The maximum atomic E-state index is 11.9. The summed E-state index contributed by atoms with van der Waals surface area (Å²) in [5.41, 5.74) is 2.94. The number of aromatic amines is 1. The molecule has 8 heteroatoms. The lowest BCUT2D eigenvalue weighted by molar-refractivity contribution is -0.117. The van der Waals surface area contributed by atoms with Gasteiger partial charge in [-0.15, -0.1) is 11.3 Å². The smallest absolute Gasteiger partial charge is 0.321 e. The van der Waals surface area contributed by atoms with E-state index in [0.29, 0.717) is 11.7 Å². The molecule has 25 heavy (non-hydrogen) atoms. The summed E-state index contributed by atoms with van der Waals surface area (Å²) in [6, 6.07) is 9.45. The molecule has 3 amide bonds. The molecule has 0 bridgehead atoms. The Morgan fingerprint density at radius 1 is 1.32 bits per heavy atom. The van der Waals surface area contributed by atoms with Crippen molar-refractivity contribution in [3.05, 3.63) is 46.2 Å². The van der Waals surface area contributed by atoms with Crippen LogP contribution in [0.5, 0.6) is 0 Å². The first-order valence-corrected chi connectivity index (χ1v) is 9.66. The van der Waals surface area contributed by atoms with E-state index in [1.807, 2.05) is 42.6 Å². The number of aryl methyl sites for hydroxylation is 1. The quantitative estimate of drug-likeness (QED) is 0.579. The number of carbonyl (C=O) groups excluding carboxylic acids is 2. The van der Waals surface area contributed by atoms with Gasteiger partial charge < -0.3 is 10.3 Å². The van der Waals surface area contributed by atoms with Gasteiger partial charge >= 0.3 is 6.03 Å². The zero-order valence-electron chi connectivity index (χ0n) is 13.7. The fourth-order valence-corrected chi connectivity index (χ4v) is 3.66. The maximum Gasteiger partial charge on any atom is 0.321 e. The first kappa shape index (κ1) is 17.5. The van der Waals surface area contributed by atoms with Crippen molar-refractivity contribution in [1.82, 2.24) is 20.6 Å². The van der Waals surface area contributed by atoms with Gasteiger partial charge in [0, 0.05) is 11.4 Å². The molecule has 0 aliphatic rings. The highest BCUT2D eigenvalue weighted by atomic mass is 32.2. The van der Waals surface area contributed by atoms with E-state index in [9.17, 15) is 9.59 Å². The number of thioether (sulfide) groups is 1. The van der Waals surface area contributed by atoms with Crippen LogP contribution in [-0.4, -0.2) is 34.2 Å². The van der Waals surface area contributed by atoms with Gasteiger partial charge in [0.05, 0.1) is 16.8 Å². The first-order chi connectivity index (χ1) is 12.1. The number of nitrogens with zero attached hydrogens (tertiary/aromatic N) is 1. The van der Waals surface area contributed by atoms with E-state index in [1.165, 1.54) is 16.6 Å². The highest BCUT2D eigenvalue weighted by Crippen LogP contribution is 2.20. The molecule has 6 nitrogen and oxygen atoms in total. The molecule has 0 unspecified atom stereocenters. The molecule has 0 aliphatic carbocycles. The standard InChI is InChI=1S/C17H18N4O2S2/c1-11-4-5-13-14(9-11)20-17(19-13)25-10-15(22)21-16(23)18-7-6-12-3-2-8-24-12/h2-5,8-9H,6-7,10H2,1H3,(H,19,20)(H2,18,21,22,23). The SMILES string of the molecule is Cc1ccc2nc(SCC(=O)NC(=O)NCCc3cccs3)[nH]c2c1. The van der Waals surface area contributed by atoms with Gasteiger partial charge in [0.2, 0.25) is 5.91 Å². The Hall–Kier alpha value is -2.32. The van der Waals surface area contributed by atoms with E-state index in [4.69, 9.17) is 0 Å². The molecule has 0 radical (unpaired) electrons. The number of nitrogens with one attached hydrogen (secondary N) is 3. The molecule has 3 N–H and O–H groups in total. The number of imide groups is 1. The zero-order chi connectivity index (χ0) is 17.6. The van der Waals surface area contributed by atoms with Crippen molar-refractivity contribution in [3.63, 3.8) is 0 Å². The average Bonchev–Trinajstić information content (AvgIpc) is 3.21. The van der Waals surface area contributed by atoms with E-state index in [1.54, 1.807) is 11.3 Å². The van der Waals surface area contributed by atoms with Crippen LogP contribution >= 0.6 is 23.1 Å². The highest BCUT2D eigenvalue weighted by molar-refractivity contribution is 7.99. The summed E-state index contributed by atoms with van der Waals surface area (Å²) >= 11 is 2.91. The molecule has 130 valence electrons. The molecular formula is C17H18N4O2S2. The van der Waals surface area contributed by atoms with E-state index in [2.05, 4.69) is 20.6 Å². The van der Waals surface area contributed by atoms with Crippen LogP contribution in [0.1, 0.15) is 10.4 Å². The maximum absolute atomic E-state index is 11.9. The van der Waals surface area contributed by atoms with Gasteiger partial charge in [-0.25, -0.2) is 9.78 Å². The van der Waals surface area contributed by atoms with Crippen molar-refractivity contribution in [3.8, 4) is 0 Å². The monoisotopic (exact) mass is 374 g/mol. The van der Waals surface area contributed by atoms with Gasteiger partial charge in [-0.2, -0.15) is 0 Å². The Morgan fingerprint density at radius 3 is 3.00 bits per heavy atom. The number of carbonyl (C=O) groups is 2. The molecular weight excluding hydrogens is 356 g/mol. The van der Waals surface area contributed by atoms with E-state index in [0.717, 1.165) is 23.0 Å². The lowest BCUT2D eigenvalue weighted by atomic mass is 10.2. The van der Waals surface area contributed by atoms with Crippen LogP contribution in [0.3, 0.4) is 0 Å². The molecule has 0 spiro atoms. The van der Waals surface area contributed by atoms with Crippen LogP contribution in [0.4, 0.5) is 4.79 Å². The van der Waals surface area contributed by atoms with Crippen molar-refractivity contribution in [2.24, 2.45) is 0 Å². The first-order valence-electron chi connectivity index (χ1n) is 7.79. The van der Waals surface area contributed by atoms with E-state index >= 15 is 0 Å². The number of hydrogen-bond donors (Lipinski definition) is 3. The minimum atomic E-state index is -0.470. The van der Waals surface area contributed by atoms with E-state index in [-0.39, 0.29) is 11.7 Å². The molecule has 1 aromatic carbocycles. The summed E-state index contributed by atoms with van der Waals surface area (Å²) < 4.78 is 0. The number of amides is 3. The average molecular weight is 374 g/mol. The fraction of sp³-hybridized carbons (Fsp3) is 0.235. The van der Waals surface area contributed by atoms with Crippen molar-refractivity contribution >= 4 is 46.1 Å². The number of rotatable bonds is 6. The summed E-state index contributed by atoms with van der Waals surface area (Å²) in [7, 11) is 0. The summed E-state index contributed by atoms with van der Waals surface area (Å²) in [5, 5.41) is 7.66. The topological polar surface area (TPSA) is 86.9 Å². The van der Waals surface area contributed by atoms with Gasteiger partial charge in [0.25, 0.3) is 0 Å². The molecule has 2 heterocycles. The van der Waals surface area contributed by atoms with E-state index < -0.39 is 6.03 Å². The molecule has 0 saturated heterocycles. The summed E-state index contributed by atoms with van der Waals surface area (Å²) in [6.07, 6.45) is 0.756.